The van der Waals surface area contributed by atoms with Crippen LogP contribution in [0.1, 0.15) is 50.7 Å². The van der Waals surface area contributed by atoms with Gasteiger partial charge in [0.25, 0.3) is 0 Å². The molecule has 1 N–H and O–H groups in total. The van der Waals surface area contributed by atoms with Gasteiger partial charge in [0.15, 0.2) is 0 Å². The molecule has 0 radical (unpaired) electrons. The van der Waals surface area contributed by atoms with Gasteiger partial charge < -0.3 is 9.88 Å². The number of amides is 1. The SMILES string of the molecule is CCCCC(=O)N1CC=C(c2c[nH]c3c(CC)cccc23)CC1. The fourth-order valence-electron chi connectivity index (χ4n) is 3.40. The van der Waals surface area contributed by atoms with Crippen LogP contribution in [-0.4, -0.2) is 28.9 Å². The molecule has 0 atom stereocenters. The lowest BCUT2D eigenvalue weighted by Crippen LogP contribution is -2.34. The molecule has 3 heteroatoms. The third-order valence-corrected chi connectivity index (χ3v) is 4.83. The van der Waals surface area contributed by atoms with Crippen molar-refractivity contribution in [1.29, 1.82) is 0 Å². The molecule has 2 aromatic rings. The first-order chi connectivity index (χ1) is 11.2. The van der Waals surface area contributed by atoms with Crippen LogP contribution in [0, 0.1) is 0 Å². The van der Waals surface area contributed by atoms with Crippen molar-refractivity contribution in [3.05, 3.63) is 41.6 Å². The molecule has 1 aromatic carbocycles. The van der Waals surface area contributed by atoms with Gasteiger partial charge in [-0.15, -0.1) is 0 Å². The topological polar surface area (TPSA) is 36.1 Å². The zero-order valence-electron chi connectivity index (χ0n) is 14.2. The van der Waals surface area contributed by atoms with E-state index >= 15 is 0 Å². The first-order valence-corrected chi connectivity index (χ1v) is 8.80. The molecule has 0 spiro atoms. The van der Waals surface area contributed by atoms with Crippen LogP contribution in [0.5, 0.6) is 0 Å². The van der Waals surface area contributed by atoms with Crippen molar-refractivity contribution in [2.75, 3.05) is 13.1 Å². The highest BCUT2D eigenvalue weighted by molar-refractivity contribution is 5.94. The average molecular weight is 310 g/mol. The number of carbonyl (C=O) groups is 1. The standard InChI is InChI=1S/C20H26N2O/c1-3-5-9-19(23)22-12-10-16(11-13-22)18-14-21-20-15(4-2)7-6-8-17(18)20/h6-8,10,14,21H,3-5,9,11-13H2,1-2H3. The summed E-state index contributed by atoms with van der Waals surface area (Å²) in [7, 11) is 0. The van der Waals surface area contributed by atoms with E-state index in [1.54, 1.807) is 0 Å². The monoisotopic (exact) mass is 310 g/mol. The second kappa shape index (κ2) is 7.03. The molecular formula is C20H26N2O. The quantitative estimate of drug-likeness (QED) is 0.865. The molecule has 0 aliphatic carbocycles. The van der Waals surface area contributed by atoms with E-state index in [-0.39, 0.29) is 0 Å². The van der Waals surface area contributed by atoms with Gasteiger partial charge in [-0.2, -0.15) is 0 Å². The Balaban J connectivity index is 1.79. The number of aromatic nitrogens is 1. The fraction of sp³-hybridized carbons (Fsp3) is 0.450. The maximum Gasteiger partial charge on any atom is 0.222 e. The number of nitrogens with zero attached hydrogens (tertiary/aromatic N) is 1. The van der Waals surface area contributed by atoms with E-state index in [1.165, 1.54) is 27.6 Å². The number of para-hydroxylation sites is 1. The van der Waals surface area contributed by atoms with Gasteiger partial charge in [-0.05, 0) is 30.4 Å². The van der Waals surface area contributed by atoms with E-state index in [4.69, 9.17) is 0 Å². The van der Waals surface area contributed by atoms with Crippen LogP contribution in [0.3, 0.4) is 0 Å². The largest absolute Gasteiger partial charge is 0.360 e. The number of unbranched alkanes of at least 4 members (excludes halogenated alkanes) is 1. The van der Waals surface area contributed by atoms with Gasteiger partial charge in [-0.1, -0.05) is 44.5 Å². The maximum absolute atomic E-state index is 12.1. The highest BCUT2D eigenvalue weighted by Gasteiger charge is 2.19. The number of hydrogen-bond donors (Lipinski definition) is 1. The first kappa shape index (κ1) is 15.9. The van der Waals surface area contributed by atoms with Crippen molar-refractivity contribution >= 4 is 22.4 Å². The summed E-state index contributed by atoms with van der Waals surface area (Å²) in [5, 5.41) is 1.31. The lowest BCUT2D eigenvalue weighted by molar-refractivity contribution is -0.130. The van der Waals surface area contributed by atoms with Gasteiger partial charge in [-0.25, -0.2) is 0 Å². The molecule has 0 saturated heterocycles. The predicted molar refractivity (Wildman–Crippen MR) is 96.4 cm³/mol. The van der Waals surface area contributed by atoms with Gasteiger partial charge in [0.1, 0.15) is 0 Å². The summed E-state index contributed by atoms with van der Waals surface area (Å²) in [6.07, 6.45) is 9.10. The zero-order chi connectivity index (χ0) is 16.2. The molecule has 2 heterocycles. The summed E-state index contributed by atoms with van der Waals surface area (Å²) in [6, 6.07) is 6.52. The minimum Gasteiger partial charge on any atom is -0.360 e. The number of H-pyrrole nitrogens is 1. The van der Waals surface area contributed by atoms with Crippen LogP contribution in [0.15, 0.2) is 30.5 Å². The number of aromatic amines is 1. The van der Waals surface area contributed by atoms with E-state index in [2.05, 4.69) is 49.3 Å². The van der Waals surface area contributed by atoms with E-state index < -0.39 is 0 Å². The van der Waals surface area contributed by atoms with Crippen LogP contribution in [0.25, 0.3) is 16.5 Å². The maximum atomic E-state index is 12.1. The van der Waals surface area contributed by atoms with Crippen molar-refractivity contribution < 1.29 is 4.79 Å². The van der Waals surface area contributed by atoms with Gasteiger partial charge in [0.05, 0.1) is 0 Å². The minimum absolute atomic E-state index is 0.300. The number of hydrogen-bond acceptors (Lipinski definition) is 1. The predicted octanol–water partition coefficient (Wildman–Crippen LogP) is 4.54. The fourth-order valence-corrected chi connectivity index (χ4v) is 3.40. The van der Waals surface area contributed by atoms with E-state index in [1.807, 2.05) is 4.90 Å². The minimum atomic E-state index is 0.300. The Kier molecular flexibility index (Phi) is 4.85. The van der Waals surface area contributed by atoms with Crippen LogP contribution >= 0.6 is 0 Å². The summed E-state index contributed by atoms with van der Waals surface area (Å²) in [5.41, 5.74) is 5.29. The summed E-state index contributed by atoms with van der Waals surface area (Å²) in [4.78, 5) is 17.6. The lowest BCUT2D eigenvalue weighted by atomic mass is 9.97. The molecule has 1 amide bonds. The molecule has 3 rings (SSSR count). The molecule has 1 aliphatic heterocycles. The lowest BCUT2D eigenvalue weighted by Gasteiger charge is -2.26. The Morgan fingerprint density at radius 3 is 2.87 bits per heavy atom. The molecule has 122 valence electrons. The Labute approximate surface area is 138 Å². The molecular weight excluding hydrogens is 284 g/mol. The molecule has 0 unspecified atom stereocenters. The zero-order valence-corrected chi connectivity index (χ0v) is 14.2. The van der Waals surface area contributed by atoms with Crippen molar-refractivity contribution in [3.63, 3.8) is 0 Å². The number of aryl methyl sites for hydroxylation is 1. The van der Waals surface area contributed by atoms with Crippen LogP contribution in [0.2, 0.25) is 0 Å². The van der Waals surface area contributed by atoms with E-state index in [0.717, 1.165) is 38.8 Å². The van der Waals surface area contributed by atoms with E-state index in [0.29, 0.717) is 12.3 Å². The molecule has 0 saturated carbocycles. The summed E-state index contributed by atoms with van der Waals surface area (Å²) in [6.45, 7) is 5.91. The third-order valence-electron chi connectivity index (χ3n) is 4.83. The van der Waals surface area contributed by atoms with E-state index in [9.17, 15) is 4.79 Å². The second-order valence-electron chi connectivity index (χ2n) is 6.32. The first-order valence-electron chi connectivity index (χ1n) is 8.80. The van der Waals surface area contributed by atoms with Crippen LogP contribution < -0.4 is 0 Å². The normalized spacial score (nSPS) is 15.0. The van der Waals surface area contributed by atoms with Gasteiger partial charge in [0.2, 0.25) is 5.91 Å². The smallest absolute Gasteiger partial charge is 0.222 e. The second-order valence-corrected chi connectivity index (χ2v) is 6.32. The molecule has 0 bridgehead atoms. The molecule has 0 fully saturated rings. The summed E-state index contributed by atoms with van der Waals surface area (Å²) in [5.74, 6) is 0.300. The van der Waals surface area contributed by atoms with Crippen LogP contribution in [-0.2, 0) is 11.2 Å². The van der Waals surface area contributed by atoms with Crippen molar-refractivity contribution in [1.82, 2.24) is 9.88 Å². The molecule has 23 heavy (non-hydrogen) atoms. The number of nitrogens with one attached hydrogen (secondary N) is 1. The number of rotatable bonds is 5. The summed E-state index contributed by atoms with van der Waals surface area (Å²) < 4.78 is 0. The Hall–Kier alpha value is -2.03. The van der Waals surface area contributed by atoms with Crippen molar-refractivity contribution in [3.8, 4) is 0 Å². The Morgan fingerprint density at radius 2 is 2.17 bits per heavy atom. The van der Waals surface area contributed by atoms with Gasteiger partial charge in [-0.3, -0.25) is 4.79 Å². The Bertz CT molecular complexity index is 726. The van der Waals surface area contributed by atoms with Gasteiger partial charge in [0, 0.05) is 42.2 Å². The molecule has 3 nitrogen and oxygen atoms in total. The van der Waals surface area contributed by atoms with Gasteiger partial charge >= 0.3 is 0 Å². The summed E-state index contributed by atoms with van der Waals surface area (Å²) >= 11 is 0. The van der Waals surface area contributed by atoms with Crippen molar-refractivity contribution in [2.24, 2.45) is 0 Å². The molecule has 1 aliphatic rings. The highest BCUT2D eigenvalue weighted by Crippen LogP contribution is 2.31. The molecule has 1 aromatic heterocycles. The highest BCUT2D eigenvalue weighted by atomic mass is 16.2. The average Bonchev–Trinajstić information content (AvgIpc) is 3.04. The van der Waals surface area contributed by atoms with Crippen molar-refractivity contribution in [2.45, 2.75) is 46.0 Å². The Morgan fingerprint density at radius 1 is 1.30 bits per heavy atom. The third kappa shape index (κ3) is 3.19. The number of carbonyl (C=O) groups excluding carboxylic acids is 1. The number of benzene rings is 1. The number of fused-ring (bicyclic) bond motifs is 1. The van der Waals surface area contributed by atoms with Crippen LogP contribution in [0.4, 0.5) is 0 Å².